The van der Waals surface area contributed by atoms with E-state index in [0.717, 1.165) is 5.56 Å². The zero-order chi connectivity index (χ0) is 14.7. The lowest BCUT2D eigenvalue weighted by Crippen LogP contribution is -2.13. The number of aromatic nitrogens is 3. The maximum Gasteiger partial charge on any atom is 0.244 e. The van der Waals surface area contributed by atoms with E-state index in [1.165, 1.54) is 0 Å². The molecule has 3 rings (SSSR count). The lowest BCUT2D eigenvalue weighted by atomic mass is 10.1. The Hall–Kier alpha value is -2.24. The molecule has 0 bridgehead atoms. The Morgan fingerprint density at radius 3 is 2.71 bits per heavy atom. The Labute approximate surface area is 126 Å². The summed E-state index contributed by atoms with van der Waals surface area (Å²) in [6.07, 6.45) is 2.25. The van der Waals surface area contributed by atoms with Crippen LogP contribution in [0.25, 0.3) is 11.5 Å². The van der Waals surface area contributed by atoms with E-state index in [9.17, 15) is 0 Å². The summed E-state index contributed by atoms with van der Waals surface area (Å²) in [5.74, 6) is 0.717. The maximum atomic E-state index is 6.11. The van der Waals surface area contributed by atoms with Gasteiger partial charge in [0.1, 0.15) is 5.69 Å². The predicted octanol–water partition coefficient (Wildman–Crippen LogP) is 3.03. The number of nitrogens with zero attached hydrogens (tertiary/aromatic N) is 3. The molecule has 1 atom stereocenters. The molecule has 2 aromatic heterocycles. The fraction of sp³-hybridized carbons (Fsp3) is 0.133. The van der Waals surface area contributed by atoms with Gasteiger partial charge in [-0.15, -0.1) is 0 Å². The minimum Gasteiger partial charge on any atom is -0.337 e. The van der Waals surface area contributed by atoms with Crippen molar-refractivity contribution >= 4 is 11.6 Å². The minimum atomic E-state index is -0.365. The normalized spacial score (nSPS) is 12.3. The summed E-state index contributed by atoms with van der Waals surface area (Å²) in [4.78, 5) is 8.44. The first-order valence-corrected chi connectivity index (χ1v) is 6.86. The third-order valence-corrected chi connectivity index (χ3v) is 3.33. The van der Waals surface area contributed by atoms with Gasteiger partial charge in [0.25, 0.3) is 0 Å². The highest BCUT2D eigenvalue weighted by molar-refractivity contribution is 6.32. The molecule has 0 saturated carbocycles. The molecule has 6 heteroatoms. The van der Waals surface area contributed by atoms with Gasteiger partial charge in [-0.3, -0.25) is 4.98 Å². The second-order valence-electron chi connectivity index (χ2n) is 4.59. The van der Waals surface area contributed by atoms with Crippen molar-refractivity contribution in [1.29, 1.82) is 0 Å². The van der Waals surface area contributed by atoms with Crippen LogP contribution in [-0.4, -0.2) is 15.1 Å². The first-order chi connectivity index (χ1) is 10.2. The summed E-state index contributed by atoms with van der Waals surface area (Å²) < 4.78 is 5.22. The van der Waals surface area contributed by atoms with E-state index >= 15 is 0 Å². The third-order valence-electron chi connectivity index (χ3n) is 3.03. The van der Waals surface area contributed by atoms with Crippen LogP contribution in [0.1, 0.15) is 17.5 Å². The van der Waals surface area contributed by atoms with Crippen LogP contribution in [0.4, 0.5) is 0 Å². The fourth-order valence-corrected chi connectivity index (χ4v) is 2.19. The zero-order valence-electron chi connectivity index (χ0n) is 11.1. The number of nitrogens with two attached hydrogens (primary N) is 1. The molecule has 0 aliphatic carbocycles. The quantitative estimate of drug-likeness (QED) is 0.801. The molecule has 0 fully saturated rings. The van der Waals surface area contributed by atoms with Crippen LogP contribution in [0.15, 0.2) is 53.2 Å². The second kappa shape index (κ2) is 6.03. The Balaban J connectivity index is 1.80. The molecular weight excluding hydrogens is 288 g/mol. The van der Waals surface area contributed by atoms with Crippen molar-refractivity contribution < 1.29 is 4.52 Å². The molecule has 0 saturated heterocycles. The number of pyridine rings is 1. The minimum absolute atomic E-state index is 0.346. The molecule has 0 unspecified atom stereocenters. The van der Waals surface area contributed by atoms with E-state index in [2.05, 4.69) is 15.1 Å². The molecule has 21 heavy (non-hydrogen) atoms. The summed E-state index contributed by atoms with van der Waals surface area (Å²) in [5.41, 5.74) is 7.71. The Kier molecular flexibility index (Phi) is 3.94. The molecule has 0 aliphatic heterocycles. The van der Waals surface area contributed by atoms with E-state index in [1.54, 1.807) is 18.3 Å². The topological polar surface area (TPSA) is 77.8 Å². The monoisotopic (exact) mass is 300 g/mol. The molecule has 2 N–H and O–H groups in total. The maximum absolute atomic E-state index is 6.11. The van der Waals surface area contributed by atoms with Crippen molar-refractivity contribution in [2.45, 2.75) is 12.5 Å². The van der Waals surface area contributed by atoms with Gasteiger partial charge < -0.3 is 10.3 Å². The van der Waals surface area contributed by atoms with Crippen molar-refractivity contribution in [3.05, 3.63) is 65.1 Å². The van der Waals surface area contributed by atoms with E-state index in [4.69, 9.17) is 21.9 Å². The number of rotatable bonds is 4. The van der Waals surface area contributed by atoms with Gasteiger partial charge in [-0.05, 0) is 24.1 Å². The van der Waals surface area contributed by atoms with Crippen molar-refractivity contribution in [1.82, 2.24) is 15.1 Å². The van der Waals surface area contributed by atoms with Gasteiger partial charge in [0.2, 0.25) is 11.7 Å². The zero-order valence-corrected chi connectivity index (χ0v) is 11.9. The SMILES string of the molecule is N[C@H](Cc1ccccc1)c1nc(-c2ncccc2Cl)no1. The molecule has 0 aliphatic rings. The summed E-state index contributed by atoms with van der Waals surface area (Å²) >= 11 is 6.06. The van der Waals surface area contributed by atoms with Gasteiger partial charge in [0.15, 0.2) is 0 Å². The molecule has 0 amide bonds. The van der Waals surface area contributed by atoms with Crippen LogP contribution in [0, 0.1) is 0 Å². The van der Waals surface area contributed by atoms with E-state index in [-0.39, 0.29) is 6.04 Å². The highest BCUT2D eigenvalue weighted by atomic mass is 35.5. The lowest BCUT2D eigenvalue weighted by molar-refractivity contribution is 0.354. The average Bonchev–Trinajstić information content (AvgIpc) is 2.98. The van der Waals surface area contributed by atoms with Crippen LogP contribution in [0.2, 0.25) is 5.02 Å². The number of hydrogen-bond donors (Lipinski definition) is 1. The Morgan fingerprint density at radius 1 is 1.14 bits per heavy atom. The van der Waals surface area contributed by atoms with E-state index in [0.29, 0.717) is 28.9 Å². The number of benzene rings is 1. The molecule has 5 nitrogen and oxygen atoms in total. The first-order valence-electron chi connectivity index (χ1n) is 6.48. The van der Waals surface area contributed by atoms with Crippen molar-refractivity contribution in [3.8, 4) is 11.5 Å². The summed E-state index contributed by atoms with van der Waals surface area (Å²) in [7, 11) is 0. The van der Waals surface area contributed by atoms with Gasteiger partial charge in [0, 0.05) is 6.20 Å². The summed E-state index contributed by atoms with van der Waals surface area (Å²) in [6, 6.07) is 13.0. The Morgan fingerprint density at radius 2 is 1.95 bits per heavy atom. The number of hydrogen-bond acceptors (Lipinski definition) is 5. The standard InChI is InChI=1S/C15H13ClN4O/c16-11-7-4-8-18-13(11)14-19-15(21-20-14)12(17)9-10-5-2-1-3-6-10/h1-8,12H,9,17H2/t12-/m1/s1. The smallest absolute Gasteiger partial charge is 0.244 e. The first kappa shape index (κ1) is 13.7. The van der Waals surface area contributed by atoms with E-state index in [1.807, 2.05) is 30.3 Å². The van der Waals surface area contributed by atoms with Crippen LogP contribution in [0.3, 0.4) is 0 Å². The molecule has 0 radical (unpaired) electrons. The molecule has 2 heterocycles. The van der Waals surface area contributed by atoms with Crippen LogP contribution in [0.5, 0.6) is 0 Å². The highest BCUT2D eigenvalue weighted by Gasteiger charge is 2.18. The van der Waals surface area contributed by atoms with Gasteiger partial charge >= 0.3 is 0 Å². The predicted molar refractivity (Wildman–Crippen MR) is 79.6 cm³/mol. The van der Waals surface area contributed by atoms with Gasteiger partial charge in [0.05, 0.1) is 11.1 Å². The van der Waals surface area contributed by atoms with Crippen molar-refractivity contribution in [3.63, 3.8) is 0 Å². The van der Waals surface area contributed by atoms with Crippen LogP contribution in [-0.2, 0) is 6.42 Å². The molecule has 0 spiro atoms. The third kappa shape index (κ3) is 3.09. The second-order valence-corrected chi connectivity index (χ2v) is 4.99. The van der Waals surface area contributed by atoms with Crippen molar-refractivity contribution in [2.75, 3.05) is 0 Å². The highest BCUT2D eigenvalue weighted by Crippen LogP contribution is 2.24. The molecular formula is C15H13ClN4O. The summed E-state index contributed by atoms with van der Waals surface area (Å²) in [5, 5.41) is 4.37. The summed E-state index contributed by atoms with van der Waals surface area (Å²) in [6.45, 7) is 0. The van der Waals surface area contributed by atoms with Gasteiger partial charge in [-0.25, -0.2) is 0 Å². The van der Waals surface area contributed by atoms with E-state index < -0.39 is 0 Å². The van der Waals surface area contributed by atoms with Crippen molar-refractivity contribution in [2.24, 2.45) is 5.73 Å². The lowest BCUT2D eigenvalue weighted by Gasteiger charge is -2.05. The largest absolute Gasteiger partial charge is 0.337 e. The fourth-order valence-electron chi connectivity index (χ4n) is 1.99. The molecule has 1 aromatic carbocycles. The molecule has 106 valence electrons. The van der Waals surface area contributed by atoms with Gasteiger partial charge in [-0.1, -0.05) is 47.1 Å². The Bertz CT molecular complexity index is 729. The van der Waals surface area contributed by atoms with Crippen LogP contribution >= 0.6 is 11.6 Å². The van der Waals surface area contributed by atoms with Gasteiger partial charge in [-0.2, -0.15) is 4.98 Å². The number of halogens is 1. The average molecular weight is 301 g/mol. The molecule has 3 aromatic rings. The van der Waals surface area contributed by atoms with Crippen LogP contribution < -0.4 is 5.73 Å².